The molecule has 0 aliphatic rings. The normalized spacial score (nSPS) is 11.1. The van der Waals surface area contributed by atoms with Gasteiger partial charge < -0.3 is 10.6 Å². The van der Waals surface area contributed by atoms with Crippen LogP contribution in [0.1, 0.15) is 20.3 Å². The Bertz CT molecular complexity index is 920. The van der Waals surface area contributed by atoms with Crippen LogP contribution in [0.5, 0.6) is 0 Å². The van der Waals surface area contributed by atoms with Gasteiger partial charge in [-0.25, -0.2) is 9.97 Å². The molecule has 0 bridgehead atoms. The summed E-state index contributed by atoms with van der Waals surface area (Å²) in [5.41, 5.74) is 3.47. The van der Waals surface area contributed by atoms with Gasteiger partial charge in [-0.2, -0.15) is 0 Å². The third-order valence-electron chi connectivity index (χ3n) is 4.46. The van der Waals surface area contributed by atoms with Crippen LogP contribution in [0, 0.1) is 0 Å². The highest BCUT2D eigenvalue weighted by atomic mass is 16.2. The smallest absolute Gasteiger partial charge is 0.238 e. The van der Waals surface area contributed by atoms with E-state index in [0.717, 1.165) is 47.9 Å². The lowest BCUT2D eigenvalue weighted by atomic mass is 10.1. The molecule has 142 valence electrons. The zero-order chi connectivity index (χ0) is 19.2. The first-order chi connectivity index (χ1) is 13.2. The highest BCUT2D eigenvalue weighted by Crippen LogP contribution is 2.25. The first-order valence-corrected chi connectivity index (χ1v) is 9.28. The number of hydrogen-bond acceptors (Lipinski definition) is 5. The second-order valence-electron chi connectivity index (χ2n) is 6.36. The number of anilines is 2. The van der Waals surface area contributed by atoms with E-state index in [9.17, 15) is 4.79 Å². The van der Waals surface area contributed by atoms with Gasteiger partial charge in [-0.15, -0.1) is 0 Å². The Hall–Kier alpha value is -2.93. The summed E-state index contributed by atoms with van der Waals surface area (Å²) in [6.07, 6.45) is 6.48. The standard InChI is InChI=1S/C20H26N6O/c1-4-10-25(5-2)14-18(27)24-16-8-6-7-15(12-16)17-13-23-20-19(21-3)22-9-11-26(17)20/h6-9,11-13H,4-5,10,14H2,1-3H3,(H,21,22)(H,24,27). The summed E-state index contributed by atoms with van der Waals surface area (Å²) < 4.78 is 1.99. The number of carbonyl (C=O) groups is 1. The van der Waals surface area contributed by atoms with Gasteiger partial charge in [-0.05, 0) is 31.6 Å². The predicted octanol–water partition coefficient (Wildman–Crippen LogP) is 3.11. The Kier molecular flexibility index (Phi) is 6.03. The summed E-state index contributed by atoms with van der Waals surface area (Å²) in [5.74, 6) is 0.728. The maximum atomic E-state index is 12.4. The quantitative estimate of drug-likeness (QED) is 0.641. The lowest BCUT2D eigenvalue weighted by Crippen LogP contribution is -2.33. The van der Waals surface area contributed by atoms with Crippen molar-refractivity contribution in [3.63, 3.8) is 0 Å². The molecule has 0 atom stereocenters. The Morgan fingerprint density at radius 2 is 2.11 bits per heavy atom. The van der Waals surface area contributed by atoms with Crippen molar-refractivity contribution in [1.82, 2.24) is 19.3 Å². The topological polar surface area (TPSA) is 74.6 Å². The molecule has 0 fully saturated rings. The lowest BCUT2D eigenvalue weighted by molar-refractivity contribution is -0.117. The van der Waals surface area contributed by atoms with Gasteiger partial charge in [0.15, 0.2) is 11.5 Å². The molecule has 1 amide bonds. The lowest BCUT2D eigenvalue weighted by Gasteiger charge is -2.18. The van der Waals surface area contributed by atoms with Crippen molar-refractivity contribution in [2.24, 2.45) is 0 Å². The molecular weight excluding hydrogens is 340 g/mol. The number of aromatic nitrogens is 3. The molecule has 0 spiro atoms. The summed E-state index contributed by atoms with van der Waals surface area (Å²) in [5, 5.41) is 6.05. The molecule has 0 aliphatic carbocycles. The van der Waals surface area contributed by atoms with E-state index in [4.69, 9.17) is 0 Å². The van der Waals surface area contributed by atoms with E-state index in [1.54, 1.807) is 6.20 Å². The number of likely N-dealkylation sites (N-methyl/N-ethyl adjacent to an activating group) is 1. The number of imidazole rings is 1. The summed E-state index contributed by atoms with van der Waals surface area (Å²) >= 11 is 0. The number of nitrogens with zero attached hydrogens (tertiary/aromatic N) is 4. The molecule has 3 rings (SSSR count). The molecule has 2 heterocycles. The number of hydrogen-bond donors (Lipinski definition) is 2. The molecule has 3 aromatic rings. The van der Waals surface area contributed by atoms with Gasteiger partial charge in [0.1, 0.15) is 0 Å². The van der Waals surface area contributed by atoms with Crippen molar-refractivity contribution in [3.8, 4) is 11.3 Å². The Morgan fingerprint density at radius 1 is 1.26 bits per heavy atom. The largest absolute Gasteiger partial charge is 0.370 e. The molecular formula is C20H26N6O. The van der Waals surface area contributed by atoms with E-state index >= 15 is 0 Å². The number of amides is 1. The number of nitrogens with one attached hydrogen (secondary N) is 2. The first-order valence-electron chi connectivity index (χ1n) is 9.28. The number of benzene rings is 1. The molecule has 2 aromatic heterocycles. The second-order valence-corrected chi connectivity index (χ2v) is 6.36. The average Bonchev–Trinajstić information content (AvgIpc) is 3.12. The molecule has 0 aliphatic heterocycles. The number of fused-ring (bicyclic) bond motifs is 1. The maximum Gasteiger partial charge on any atom is 0.238 e. The molecule has 0 saturated heterocycles. The molecule has 0 unspecified atom stereocenters. The van der Waals surface area contributed by atoms with E-state index in [0.29, 0.717) is 6.54 Å². The monoisotopic (exact) mass is 366 g/mol. The molecule has 27 heavy (non-hydrogen) atoms. The Morgan fingerprint density at radius 3 is 2.85 bits per heavy atom. The van der Waals surface area contributed by atoms with E-state index in [-0.39, 0.29) is 5.91 Å². The highest BCUT2D eigenvalue weighted by Gasteiger charge is 2.12. The van der Waals surface area contributed by atoms with Crippen molar-refractivity contribution in [1.29, 1.82) is 0 Å². The minimum atomic E-state index is 0.00209. The Balaban J connectivity index is 1.81. The van der Waals surface area contributed by atoms with E-state index in [2.05, 4.69) is 39.3 Å². The van der Waals surface area contributed by atoms with Crippen molar-refractivity contribution in [2.75, 3.05) is 37.3 Å². The Labute approximate surface area is 159 Å². The maximum absolute atomic E-state index is 12.4. The predicted molar refractivity (Wildman–Crippen MR) is 109 cm³/mol. The third kappa shape index (κ3) is 4.25. The summed E-state index contributed by atoms with van der Waals surface area (Å²) in [6.45, 7) is 6.39. The molecule has 7 heteroatoms. The minimum Gasteiger partial charge on any atom is -0.370 e. The van der Waals surface area contributed by atoms with Gasteiger partial charge in [0.05, 0.1) is 18.4 Å². The highest BCUT2D eigenvalue weighted by molar-refractivity contribution is 5.93. The van der Waals surface area contributed by atoms with Crippen molar-refractivity contribution >= 4 is 23.1 Å². The van der Waals surface area contributed by atoms with Crippen LogP contribution in [0.3, 0.4) is 0 Å². The van der Waals surface area contributed by atoms with Crippen molar-refractivity contribution < 1.29 is 4.79 Å². The van der Waals surface area contributed by atoms with Gasteiger partial charge in [0.25, 0.3) is 0 Å². The summed E-state index contributed by atoms with van der Waals surface area (Å²) in [7, 11) is 1.82. The van der Waals surface area contributed by atoms with Crippen molar-refractivity contribution in [3.05, 3.63) is 42.9 Å². The summed E-state index contributed by atoms with van der Waals surface area (Å²) in [4.78, 5) is 23.3. The van der Waals surface area contributed by atoms with E-state index in [1.165, 1.54) is 0 Å². The van der Waals surface area contributed by atoms with Crippen LogP contribution in [0.25, 0.3) is 16.9 Å². The zero-order valence-corrected chi connectivity index (χ0v) is 16.1. The van der Waals surface area contributed by atoms with Crippen LogP contribution in [0.2, 0.25) is 0 Å². The first kappa shape index (κ1) is 18.8. The fraction of sp³-hybridized carbons (Fsp3) is 0.350. The average molecular weight is 366 g/mol. The molecule has 1 aromatic carbocycles. The van der Waals surface area contributed by atoms with Crippen LogP contribution < -0.4 is 10.6 Å². The van der Waals surface area contributed by atoms with Crippen LogP contribution in [-0.2, 0) is 4.79 Å². The SMILES string of the molecule is CCCN(CC)CC(=O)Nc1cccc(-c2cnc3c(NC)nccn23)c1. The number of rotatable bonds is 8. The van der Waals surface area contributed by atoms with E-state index < -0.39 is 0 Å². The zero-order valence-electron chi connectivity index (χ0n) is 16.1. The molecule has 7 nitrogen and oxygen atoms in total. The second kappa shape index (κ2) is 8.64. The van der Waals surface area contributed by atoms with E-state index in [1.807, 2.05) is 48.1 Å². The van der Waals surface area contributed by atoms with Crippen molar-refractivity contribution in [2.45, 2.75) is 20.3 Å². The fourth-order valence-electron chi connectivity index (χ4n) is 3.13. The van der Waals surface area contributed by atoms with Gasteiger partial charge in [-0.3, -0.25) is 14.1 Å². The third-order valence-corrected chi connectivity index (χ3v) is 4.46. The number of carbonyl (C=O) groups excluding carboxylic acids is 1. The molecule has 0 saturated carbocycles. The molecule has 0 radical (unpaired) electrons. The van der Waals surface area contributed by atoms with Crippen LogP contribution in [-0.4, -0.2) is 51.9 Å². The van der Waals surface area contributed by atoms with Gasteiger partial charge >= 0.3 is 0 Å². The van der Waals surface area contributed by atoms with Gasteiger partial charge in [0.2, 0.25) is 5.91 Å². The van der Waals surface area contributed by atoms with Gasteiger partial charge in [-0.1, -0.05) is 26.0 Å². The summed E-state index contributed by atoms with van der Waals surface area (Å²) in [6, 6.07) is 7.82. The van der Waals surface area contributed by atoms with Crippen LogP contribution in [0.15, 0.2) is 42.9 Å². The van der Waals surface area contributed by atoms with Gasteiger partial charge in [0, 0.05) is 30.7 Å². The minimum absolute atomic E-state index is 0.00209. The van der Waals surface area contributed by atoms with Crippen LogP contribution in [0.4, 0.5) is 11.5 Å². The van der Waals surface area contributed by atoms with Crippen LogP contribution >= 0.6 is 0 Å². The fourth-order valence-corrected chi connectivity index (χ4v) is 3.13. The molecule has 2 N–H and O–H groups in total.